The van der Waals surface area contributed by atoms with Gasteiger partial charge in [0.15, 0.2) is 0 Å². The minimum atomic E-state index is -1.05. The Balaban J connectivity index is 2.77. The molecule has 1 aromatic carbocycles. The molecule has 15 heavy (non-hydrogen) atoms. The molecule has 5 heteroatoms. The molecule has 78 valence electrons. The summed E-state index contributed by atoms with van der Waals surface area (Å²) in [6.07, 6.45) is 0. The lowest BCUT2D eigenvalue weighted by atomic mass is 10.2. The van der Waals surface area contributed by atoms with Crippen molar-refractivity contribution >= 4 is 23.5 Å². The second-order valence-corrected chi connectivity index (χ2v) is 3.08. The summed E-state index contributed by atoms with van der Waals surface area (Å²) in [6, 6.07) is 5.37. The average molecular weight is 227 g/mol. The second-order valence-electron chi connectivity index (χ2n) is 2.62. The third-order valence-corrected chi connectivity index (χ3v) is 1.69. The molecule has 0 spiro atoms. The van der Waals surface area contributed by atoms with Crippen LogP contribution in [0.5, 0.6) is 5.75 Å². The van der Waals surface area contributed by atoms with Gasteiger partial charge in [0, 0.05) is 0 Å². The quantitative estimate of drug-likeness (QED) is 0.487. The first kappa shape index (κ1) is 11.3. The van der Waals surface area contributed by atoms with E-state index in [1.807, 2.05) is 0 Å². The van der Waals surface area contributed by atoms with Gasteiger partial charge in [0.2, 0.25) is 0 Å². The van der Waals surface area contributed by atoms with Crippen LogP contribution in [-0.2, 0) is 4.79 Å². The van der Waals surface area contributed by atoms with Gasteiger partial charge in [0.05, 0.1) is 5.56 Å². The molecular weight excluding hydrogens is 220 g/mol. The first-order valence-electron chi connectivity index (χ1n) is 3.90. The van der Waals surface area contributed by atoms with Crippen LogP contribution in [0.3, 0.4) is 0 Å². The van der Waals surface area contributed by atoms with Crippen LogP contribution in [0.15, 0.2) is 35.9 Å². The smallest absolute Gasteiger partial charge is 0.354 e. The van der Waals surface area contributed by atoms with Gasteiger partial charge in [-0.1, -0.05) is 18.2 Å². The van der Waals surface area contributed by atoms with Gasteiger partial charge in [-0.05, 0) is 24.3 Å². The summed E-state index contributed by atoms with van der Waals surface area (Å²) in [7, 11) is 0. The van der Waals surface area contributed by atoms with Crippen molar-refractivity contribution in [3.05, 3.63) is 41.4 Å². The van der Waals surface area contributed by atoms with E-state index in [2.05, 4.69) is 6.58 Å². The van der Waals surface area contributed by atoms with Crippen LogP contribution in [0.25, 0.3) is 0 Å². The highest BCUT2D eigenvalue weighted by molar-refractivity contribution is 6.41. The molecule has 1 aromatic rings. The SMILES string of the molecule is C=C(Cl)C(=O)Oc1ccc(C(=O)O)cc1. The Morgan fingerprint density at radius 3 is 2.20 bits per heavy atom. The number of carboxylic acids is 1. The number of aromatic carboxylic acids is 1. The van der Waals surface area contributed by atoms with Gasteiger partial charge in [-0.25, -0.2) is 9.59 Å². The van der Waals surface area contributed by atoms with Crippen LogP contribution < -0.4 is 4.74 Å². The van der Waals surface area contributed by atoms with Crippen LogP contribution in [0.4, 0.5) is 0 Å². The minimum Gasteiger partial charge on any atom is -0.478 e. The fourth-order valence-electron chi connectivity index (χ4n) is 0.828. The standard InChI is InChI=1S/C10H7ClO4/c1-6(11)10(14)15-8-4-2-7(3-5-8)9(12)13/h2-5H,1H2,(H,12,13). The number of carboxylic acid groups (broad SMARTS) is 1. The number of benzene rings is 1. The van der Waals surface area contributed by atoms with E-state index >= 15 is 0 Å². The van der Waals surface area contributed by atoms with Gasteiger partial charge in [-0.3, -0.25) is 0 Å². The van der Waals surface area contributed by atoms with Gasteiger partial charge >= 0.3 is 11.9 Å². The van der Waals surface area contributed by atoms with Gasteiger partial charge < -0.3 is 9.84 Å². The largest absolute Gasteiger partial charge is 0.478 e. The fraction of sp³-hybridized carbons (Fsp3) is 0. The second kappa shape index (κ2) is 4.61. The van der Waals surface area contributed by atoms with Gasteiger partial charge in [-0.2, -0.15) is 0 Å². The fourth-order valence-corrected chi connectivity index (χ4v) is 0.867. The van der Waals surface area contributed by atoms with E-state index in [0.29, 0.717) is 0 Å². The monoisotopic (exact) mass is 226 g/mol. The van der Waals surface area contributed by atoms with Crippen molar-refractivity contribution in [3.8, 4) is 5.75 Å². The van der Waals surface area contributed by atoms with E-state index in [1.54, 1.807) is 0 Å². The van der Waals surface area contributed by atoms with E-state index in [-0.39, 0.29) is 16.3 Å². The minimum absolute atomic E-state index is 0.111. The summed E-state index contributed by atoms with van der Waals surface area (Å²) in [6.45, 7) is 3.19. The number of rotatable bonds is 3. The van der Waals surface area contributed by atoms with Crippen LogP contribution >= 0.6 is 11.6 Å². The Morgan fingerprint density at radius 2 is 1.80 bits per heavy atom. The summed E-state index contributed by atoms with van der Waals surface area (Å²) in [5.74, 6) is -1.60. The van der Waals surface area contributed by atoms with E-state index < -0.39 is 11.9 Å². The Morgan fingerprint density at radius 1 is 1.27 bits per heavy atom. The van der Waals surface area contributed by atoms with Crippen molar-refractivity contribution < 1.29 is 19.4 Å². The van der Waals surface area contributed by atoms with Crippen LogP contribution in [0.2, 0.25) is 0 Å². The lowest BCUT2D eigenvalue weighted by molar-refractivity contribution is -0.129. The molecule has 0 aliphatic heterocycles. The number of ether oxygens (including phenoxy) is 1. The maximum absolute atomic E-state index is 11.0. The summed E-state index contributed by atoms with van der Waals surface area (Å²) < 4.78 is 4.75. The molecule has 4 nitrogen and oxygen atoms in total. The number of halogens is 1. The Bertz CT molecular complexity index is 408. The predicted octanol–water partition coefficient (Wildman–Crippen LogP) is 2.04. The van der Waals surface area contributed by atoms with E-state index in [0.717, 1.165) is 0 Å². The predicted molar refractivity (Wildman–Crippen MR) is 54.0 cm³/mol. The number of carbonyl (C=O) groups is 2. The van der Waals surface area contributed by atoms with Gasteiger partial charge in [0.25, 0.3) is 0 Å². The Kier molecular flexibility index (Phi) is 3.46. The summed E-state index contributed by atoms with van der Waals surface area (Å²) in [5.41, 5.74) is 0.111. The zero-order chi connectivity index (χ0) is 11.4. The van der Waals surface area contributed by atoms with Gasteiger partial charge in [0.1, 0.15) is 10.8 Å². The summed E-state index contributed by atoms with van der Waals surface area (Å²) in [4.78, 5) is 21.5. The van der Waals surface area contributed by atoms with Crippen LogP contribution in [0.1, 0.15) is 10.4 Å². The molecule has 0 aliphatic rings. The molecular formula is C10H7ClO4. The number of carbonyl (C=O) groups excluding carboxylic acids is 1. The molecule has 0 fully saturated rings. The third kappa shape index (κ3) is 3.11. The average Bonchev–Trinajstić information content (AvgIpc) is 2.18. The molecule has 0 aliphatic carbocycles. The zero-order valence-corrected chi connectivity index (χ0v) is 8.32. The molecule has 0 amide bonds. The highest BCUT2D eigenvalue weighted by atomic mass is 35.5. The van der Waals surface area contributed by atoms with E-state index in [4.69, 9.17) is 21.4 Å². The molecule has 0 aromatic heterocycles. The Labute approximate surface area is 90.7 Å². The lowest BCUT2D eigenvalue weighted by Crippen LogP contribution is -2.07. The molecule has 0 saturated carbocycles. The van der Waals surface area contributed by atoms with E-state index in [9.17, 15) is 9.59 Å². The highest BCUT2D eigenvalue weighted by Gasteiger charge is 2.08. The number of hydrogen-bond donors (Lipinski definition) is 1. The van der Waals surface area contributed by atoms with Crippen LogP contribution in [0, 0.1) is 0 Å². The molecule has 0 bridgehead atoms. The first-order valence-corrected chi connectivity index (χ1v) is 4.28. The first-order chi connectivity index (χ1) is 7.00. The van der Waals surface area contributed by atoms with Crippen molar-refractivity contribution in [2.45, 2.75) is 0 Å². The lowest BCUT2D eigenvalue weighted by Gasteiger charge is -2.02. The van der Waals surface area contributed by atoms with Gasteiger partial charge in [-0.15, -0.1) is 0 Å². The third-order valence-electron chi connectivity index (χ3n) is 1.53. The number of hydrogen-bond acceptors (Lipinski definition) is 3. The van der Waals surface area contributed by atoms with E-state index in [1.165, 1.54) is 24.3 Å². The highest BCUT2D eigenvalue weighted by Crippen LogP contribution is 2.14. The number of esters is 1. The van der Waals surface area contributed by atoms with Crippen molar-refractivity contribution in [3.63, 3.8) is 0 Å². The summed E-state index contributed by atoms with van der Waals surface area (Å²) in [5, 5.41) is 8.36. The molecule has 0 radical (unpaired) electrons. The molecule has 1 N–H and O–H groups in total. The van der Waals surface area contributed by atoms with Crippen molar-refractivity contribution in [2.75, 3.05) is 0 Å². The van der Waals surface area contributed by atoms with Crippen molar-refractivity contribution in [1.82, 2.24) is 0 Å². The maximum atomic E-state index is 11.0. The summed E-state index contributed by atoms with van der Waals surface area (Å²) >= 11 is 5.30. The molecule has 0 atom stereocenters. The Hall–Kier alpha value is -1.81. The molecule has 1 rings (SSSR count). The van der Waals surface area contributed by atoms with Crippen LogP contribution in [-0.4, -0.2) is 17.0 Å². The molecule has 0 heterocycles. The topological polar surface area (TPSA) is 63.6 Å². The normalized spacial score (nSPS) is 9.40. The maximum Gasteiger partial charge on any atom is 0.354 e. The van der Waals surface area contributed by atoms with Crippen molar-refractivity contribution in [2.24, 2.45) is 0 Å². The molecule has 0 saturated heterocycles. The zero-order valence-electron chi connectivity index (χ0n) is 7.57. The van der Waals surface area contributed by atoms with Crippen molar-refractivity contribution in [1.29, 1.82) is 0 Å². The molecule has 0 unspecified atom stereocenters.